The minimum atomic E-state index is -0.944. The normalized spacial score (nSPS) is 11.8. The van der Waals surface area contributed by atoms with Crippen molar-refractivity contribution in [2.45, 2.75) is 11.4 Å². The minimum absolute atomic E-state index is 0. The van der Waals surface area contributed by atoms with Crippen LogP contribution in [0.5, 0.6) is 0 Å². The molecule has 0 heterocycles. The molecule has 1 atom stereocenters. The van der Waals surface area contributed by atoms with Crippen molar-refractivity contribution in [1.29, 1.82) is 0 Å². The van der Waals surface area contributed by atoms with E-state index in [1.807, 2.05) is 0 Å². The van der Waals surface area contributed by atoms with Crippen LogP contribution in [-0.2, 0) is 4.79 Å². The number of rotatable bonds is 2. The van der Waals surface area contributed by atoms with Gasteiger partial charge in [0.15, 0.2) is 0 Å². The Kier molecular flexibility index (Phi) is 7.91. The third-order valence-electron chi connectivity index (χ3n) is 0.514. The van der Waals surface area contributed by atoms with Crippen molar-refractivity contribution in [3.8, 4) is 0 Å². The molecule has 0 aromatic heterocycles. The van der Waals surface area contributed by atoms with Gasteiger partial charge in [-0.2, -0.15) is 0 Å². The van der Waals surface area contributed by atoms with Crippen molar-refractivity contribution in [2.24, 2.45) is 5.73 Å². The molecule has 1 unspecified atom stereocenters. The molecule has 3 N–H and O–H groups in total. The third-order valence-corrected chi connectivity index (χ3v) is 1.34. The molecule has 50 valence electrons. The SMILES string of the molecule is NC(C[SeH])C(=O)O.[SeH2]. The second-order valence-electron chi connectivity index (χ2n) is 1.13. The number of hydrogen-bond acceptors (Lipinski definition) is 2. The van der Waals surface area contributed by atoms with E-state index in [0.29, 0.717) is 5.32 Å². The molecule has 0 aliphatic rings. The summed E-state index contributed by atoms with van der Waals surface area (Å²) in [6, 6.07) is -0.708. The average molecular weight is 249 g/mol. The first-order valence-corrected chi connectivity index (χ1v) is 3.10. The van der Waals surface area contributed by atoms with Gasteiger partial charge in [-0.25, -0.2) is 0 Å². The standard InChI is InChI=1S/C3H7NO2Se.H2Se/c4-2(1-7)3(5)6;/h2,7H,1,4H2,(H,5,6);1H2. The first kappa shape index (κ1) is 11.3. The molecule has 0 amide bonds. The van der Waals surface area contributed by atoms with E-state index >= 15 is 0 Å². The molecule has 0 aromatic carbocycles. The number of carboxylic acids is 1. The molecular weight excluding hydrogens is 240 g/mol. The summed E-state index contributed by atoms with van der Waals surface area (Å²) in [6.45, 7) is 0. The van der Waals surface area contributed by atoms with Gasteiger partial charge in [0.1, 0.15) is 0 Å². The van der Waals surface area contributed by atoms with E-state index in [1.165, 1.54) is 0 Å². The first-order valence-electron chi connectivity index (χ1n) is 1.77. The van der Waals surface area contributed by atoms with Gasteiger partial charge in [-0.05, 0) is 0 Å². The second-order valence-corrected chi connectivity index (χ2v) is 1.89. The van der Waals surface area contributed by atoms with Gasteiger partial charge in [0.25, 0.3) is 0 Å². The van der Waals surface area contributed by atoms with E-state index < -0.39 is 12.0 Å². The van der Waals surface area contributed by atoms with Crippen LogP contribution < -0.4 is 5.73 Å². The third kappa shape index (κ3) is 4.62. The summed E-state index contributed by atoms with van der Waals surface area (Å²) in [7, 11) is 0. The Morgan fingerprint density at radius 3 is 2.25 bits per heavy atom. The zero-order valence-electron chi connectivity index (χ0n) is 4.16. The molecule has 0 saturated carbocycles. The van der Waals surface area contributed by atoms with Crippen molar-refractivity contribution < 1.29 is 9.90 Å². The van der Waals surface area contributed by atoms with Crippen LogP contribution in [0.3, 0.4) is 0 Å². The summed E-state index contributed by atoms with van der Waals surface area (Å²) >= 11 is 2.13. The van der Waals surface area contributed by atoms with Crippen LogP contribution in [0.2, 0.25) is 5.32 Å². The number of carboxylic acid groups (broad SMARTS) is 1. The van der Waals surface area contributed by atoms with Gasteiger partial charge in [-0.3, -0.25) is 0 Å². The first-order chi connectivity index (χ1) is 3.18. The Labute approximate surface area is 66.3 Å². The van der Waals surface area contributed by atoms with E-state index in [-0.39, 0.29) is 17.1 Å². The molecule has 0 fully saturated rings. The van der Waals surface area contributed by atoms with Crippen LogP contribution >= 0.6 is 0 Å². The molecule has 0 aliphatic carbocycles. The van der Waals surface area contributed by atoms with Crippen LogP contribution in [0.1, 0.15) is 0 Å². The molecule has 0 spiro atoms. The van der Waals surface area contributed by atoms with Crippen LogP contribution in [0, 0.1) is 0 Å². The van der Waals surface area contributed by atoms with Crippen molar-refractivity contribution in [3.63, 3.8) is 0 Å². The van der Waals surface area contributed by atoms with Crippen molar-refractivity contribution >= 4 is 39.1 Å². The molecule has 5 heteroatoms. The summed E-state index contributed by atoms with van der Waals surface area (Å²) in [5.41, 5.74) is 5.00. The zero-order valence-corrected chi connectivity index (χ0v) is 8.14. The average Bonchev–Trinajstić information content (AvgIpc) is 1.65. The fourth-order valence-corrected chi connectivity index (χ4v) is 0.406. The Morgan fingerprint density at radius 2 is 2.25 bits per heavy atom. The van der Waals surface area contributed by atoms with Gasteiger partial charge in [-0.15, -0.1) is 0 Å². The van der Waals surface area contributed by atoms with E-state index in [2.05, 4.69) is 16.0 Å². The monoisotopic (exact) mass is 251 g/mol. The van der Waals surface area contributed by atoms with Crippen LogP contribution in [0.25, 0.3) is 0 Å². The Hall–Kier alpha value is 0.469. The summed E-state index contributed by atoms with van der Waals surface area (Å²) in [4.78, 5) is 9.80. The Bertz CT molecular complexity index is 77.7. The number of carbonyl (C=O) groups is 1. The van der Waals surface area contributed by atoms with Crippen molar-refractivity contribution in [2.75, 3.05) is 0 Å². The molecule has 8 heavy (non-hydrogen) atoms. The van der Waals surface area contributed by atoms with Gasteiger partial charge in [-0.1, -0.05) is 0 Å². The molecule has 3 nitrogen and oxygen atoms in total. The fraction of sp³-hybridized carbons (Fsp3) is 0.667. The molecule has 0 radical (unpaired) electrons. The zero-order chi connectivity index (χ0) is 5.86. The van der Waals surface area contributed by atoms with Crippen LogP contribution in [-0.4, -0.2) is 50.2 Å². The molecule has 0 rings (SSSR count). The predicted molar refractivity (Wildman–Crippen MR) is 36.1 cm³/mol. The van der Waals surface area contributed by atoms with E-state index in [0.717, 1.165) is 0 Å². The van der Waals surface area contributed by atoms with Crippen LogP contribution in [0.4, 0.5) is 0 Å². The van der Waals surface area contributed by atoms with Crippen molar-refractivity contribution in [3.05, 3.63) is 0 Å². The second kappa shape index (κ2) is 5.60. The summed E-state index contributed by atoms with van der Waals surface area (Å²) < 4.78 is 0. The molecular formula is C3H9NO2Se2. The number of aliphatic carboxylic acids is 1. The maximum atomic E-state index is 9.80. The molecule has 0 saturated heterocycles. The topological polar surface area (TPSA) is 63.3 Å². The van der Waals surface area contributed by atoms with Crippen molar-refractivity contribution in [1.82, 2.24) is 0 Å². The van der Waals surface area contributed by atoms with E-state index in [4.69, 9.17) is 10.8 Å². The van der Waals surface area contributed by atoms with Gasteiger partial charge >= 0.3 is 66.0 Å². The number of hydrogen-bond donors (Lipinski definition) is 2. The maximum absolute atomic E-state index is 9.80. The van der Waals surface area contributed by atoms with Gasteiger partial charge in [0, 0.05) is 0 Å². The summed E-state index contributed by atoms with van der Waals surface area (Å²) in [5.74, 6) is -0.944. The summed E-state index contributed by atoms with van der Waals surface area (Å²) in [6.07, 6.45) is 0. The summed E-state index contributed by atoms with van der Waals surface area (Å²) in [5, 5.41) is 8.48. The fourth-order valence-electron chi connectivity index (χ4n) is 0.0781. The quantitative estimate of drug-likeness (QED) is 0.546. The van der Waals surface area contributed by atoms with Crippen LogP contribution in [0.15, 0.2) is 0 Å². The molecule has 0 bridgehead atoms. The Morgan fingerprint density at radius 1 is 1.88 bits per heavy atom. The molecule has 0 aromatic rings. The Balaban J connectivity index is 0. The number of nitrogens with two attached hydrogens (primary N) is 1. The molecule has 0 aliphatic heterocycles. The van der Waals surface area contributed by atoms with Gasteiger partial charge in [0.05, 0.1) is 0 Å². The van der Waals surface area contributed by atoms with Gasteiger partial charge in [0.2, 0.25) is 0 Å². The van der Waals surface area contributed by atoms with Gasteiger partial charge < -0.3 is 0 Å². The predicted octanol–water partition coefficient (Wildman–Crippen LogP) is -2.20. The van der Waals surface area contributed by atoms with E-state index in [1.54, 1.807) is 0 Å². The van der Waals surface area contributed by atoms with E-state index in [9.17, 15) is 4.79 Å².